The molecule has 0 saturated heterocycles. The van der Waals surface area contributed by atoms with Crippen molar-refractivity contribution in [1.29, 1.82) is 0 Å². The molecule has 1 heterocycles. The molecule has 0 saturated carbocycles. The summed E-state index contributed by atoms with van der Waals surface area (Å²) in [7, 11) is 0. The highest BCUT2D eigenvalue weighted by atomic mass is 19.3. The lowest BCUT2D eigenvalue weighted by molar-refractivity contribution is -0.143. The molecule has 0 aromatic carbocycles. The van der Waals surface area contributed by atoms with Crippen LogP contribution in [0.15, 0.2) is 24.4 Å². The first-order chi connectivity index (χ1) is 5.55. The molecule has 0 aliphatic rings. The largest absolute Gasteiger partial charge is 0.365 e. The first kappa shape index (κ1) is 8.58. The van der Waals surface area contributed by atoms with Gasteiger partial charge >= 0.3 is 5.92 Å². The van der Waals surface area contributed by atoms with E-state index in [0.717, 1.165) is 6.07 Å². The van der Waals surface area contributed by atoms with Gasteiger partial charge in [0.2, 0.25) is 0 Å². The Kier molecular flexibility index (Phi) is 2.03. The molecule has 3 nitrogen and oxygen atoms in total. The highest BCUT2D eigenvalue weighted by molar-refractivity contribution is 5.82. The van der Waals surface area contributed by atoms with E-state index in [-0.39, 0.29) is 0 Å². The van der Waals surface area contributed by atoms with E-state index in [1.54, 1.807) is 0 Å². The predicted octanol–water partition coefficient (Wildman–Crippen LogP) is 0.659. The second kappa shape index (κ2) is 2.84. The van der Waals surface area contributed by atoms with E-state index >= 15 is 0 Å². The van der Waals surface area contributed by atoms with Gasteiger partial charge in [0.15, 0.2) is 0 Å². The van der Waals surface area contributed by atoms with Gasteiger partial charge in [0.1, 0.15) is 5.69 Å². The zero-order chi connectivity index (χ0) is 9.19. The minimum atomic E-state index is -3.68. The van der Waals surface area contributed by atoms with Crippen LogP contribution in [0.25, 0.3) is 0 Å². The number of amides is 1. The van der Waals surface area contributed by atoms with Gasteiger partial charge in [-0.1, -0.05) is 6.07 Å². The molecule has 1 aromatic heterocycles. The van der Waals surface area contributed by atoms with Gasteiger partial charge in [-0.15, -0.1) is 0 Å². The number of carbonyl (C=O) groups excluding carboxylic acids is 1. The summed E-state index contributed by atoms with van der Waals surface area (Å²) in [6.45, 7) is 0. The Balaban J connectivity index is 3.06. The minimum absolute atomic E-state index is 0.627. The maximum absolute atomic E-state index is 12.7. The molecule has 0 spiro atoms. The van der Waals surface area contributed by atoms with E-state index in [9.17, 15) is 13.6 Å². The lowest BCUT2D eigenvalue weighted by Gasteiger charge is -2.09. The van der Waals surface area contributed by atoms with Crippen LogP contribution in [0.4, 0.5) is 8.78 Å². The van der Waals surface area contributed by atoms with Crippen LogP contribution >= 0.6 is 0 Å². The van der Waals surface area contributed by atoms with Gasteiger partial charge in [-0.2, -0.15) is 8.78 Å². The topological polar surface area (TPSA) is 56.0 Å². The summed E-state index contributed by atoms with van der Waals surface area (Å²) in [5, 5.41) is 0. The molecule has 0 fully saturated rings. The number of nitrogens with zero attached hydrogens (tertiary/aromatic N) is 1. The number of aromatic nitrogens is 1. The Labute approximate surface area is 67.2 Å². The normalized spacial score (nSPS) is 11.2. The molecular weight excluding hydrogens is 166 g/mol. The van der Waals surface area contributed by atoms with E-state index in [0.29, 0.717) is 0 Å². The molecule has 5 heteroatoms. The van der Waals surface area contributed by atoms with Crippen molar-refractivity contribution in [2.75, 3.05) is 0 Å². The summed E-state index contributed by atoms with van der Waals surface area (Å²) in [4.78, 5) is 13.6. The quantitative estimate of drug-likeness (QED) is 0.712. The molecule has 0 aliphatic heterocycles. The van der Waals surface area contributed by atoms with Crippen LogP contribution in [0.5, 0.6) is 0 Å². The SMILES string of the molecule is NC(=O)C(F)(F)c1ccccn1. The van der Waals surface area contributed by atoms with Gasteiger partial charge in [-0.25, -0.2) is 0 Å². The van der Waals surface area contributed by atoms with Crippen LogP contribution in [0, 0.1) is 0 Å². The monoisotopic (exact) mass is 172 g/mol. The van der Waals surface area contributed by atoms with Gasteiger partial charge in [-0.3, -0.25) is 9.78 Å². The van der Waals surface area contributed by atoms with Crippen molar-refractivity contribution in [2.24, 2.45) is 5.73 Å². The standard InChI is InChI=1S/C7H6F2N2O/c8-7(9,6(10)12)5-3-1-2-4-11-5/h1-4H,(H2,10,12). The summed E-state index contributed by atoms with van der Waals surface area (Å²) >= 11 is 0. The Bertz CT molecular complexity index is 287. The van der Waals surface area contributed by atoms with Crippen molar-refractivity contribution < 1.29 is 13.6 Å². The maximum atomic E-state index is 12.7. The van der Waals surface area contributed by atoms with E-state index in [1.165, 1.54) is 18.3 Å². The van der Waals surface area contributed by atoms with Gasteiger partial charge in [0, 0.05) is 6.20 Å². The number of carbonyl (C=O) groups is 1. The zero-order valence-corrected chi connectivity index (χ0v) is 6.00. The van der Waals surface area contributed by atoms with Crippen molar-refractivity contribution >= 4 is 5.91 Å². The lowest BCUT2D eigenvalue weighted by Crippen LogP contribution is -2.33. The lowest BCUT2D eigenvalue weighted by atomic mass is 10.2. The Morgan fingerprint density at radius 2 is 2.17 bits per heavy atom. The summed E-state index contributed by atoms with van der Waals surface area (Å²) < 4.78 is 25.5. The maximum Gasteiger partial charge on any atom is 0.365 e. The first-order valence-corrected chi connectivity index (χ1v) is 3.14. The molecule has 12 heavy (non-hydrogen) atoms. The average Bonchev–Trinajstić information content (AvgIpc) is 2.06. The van der Waals surface area contributed by atoms with E-state index in [2.05, 4.69) is 10.7 Å². The molecule has 1 amide bonds. The summed E-state index contributed by atoms with van der Waals surface area (Å²) in [6.07, 6.45) is 1.17. The fourth-order valence-electron chi connectivity index (χ4n) is 0.675. The Morgan fingerprint density at radius 3 is 2.58 bits per heavy atom. The molecule has 0 radical (unpaired) electrons. The number of hydrogen-bond donors (Lipinski definition) is 1. The minimum Gasteiger partial charge on any atom is -0.364 e. The van der Waals surface area contributed by atoms with Crippen LogP contribution in [-0.2, 0) is 10.7 Å². The fourth-order valence-corrected chi connectivity index (χ4v) is 0.675. The van der Waals surface area contributed by atoms with E-state index in [1.807, 2.05) is 0 Å². The van der Waals surface area contributed by atoms with Gasteiger partial charge in [0.25, 0.3) is 5.91 Å². The zero-order valence-electron chi connectivity index (χ0n) is 6.00. The van der Waals surface area contributed by atoms with Crippen molar-refractivity contribution in [2.45, 2.75) is 5.92 Å². The van der Waals surface area contributed by atoms with E-state index < -0.39 is 17.5 Å². The van der Waals surface area contributed by atoms with Crippen molar-refractivity contribution in [3.8, 4) is 0 Å². The molecule has 0 aliphatic carbocycles. The molecule has 0 bridgehead atoms. The number of pyridine rings is 1. The first-order valence-electron chi connectivity index (χ1n) is 3.14. The third-order valence-electron chi connectivity index (χ3n) is 1.30. The predicted molar refractivity (Wildman–Crippen MR) is 37.3 cm³/mol. The number of halogens is 2. The molecule has 64 valence electrons. The van der Waals surface area contributed by atoms with Crippen LogP contribution in [0.1, 0.15) is 5.69 Å². The van der Waals surface area contributed by atoms with Crippen molar-refractivity contribution in [1.82, 2.24) is 4.98 Å². The van der Waals surface area contributed by atoms with Gasteiger partial charge in [0.05, 0.1) is 0 Å². The fraction of sp³-hybridized carbons (Fsp3) is 0.143. The van der Waals surface area contributed by atoms with Crippen LogP contribution in [0.3, 0.4) is 0 Å². The molecule has 1 rings (SSSR count). The number of alkyl halides is 2. The summed E-state index contributed by atoms with van der Waals surface area (Å²) in [5.74, 6) is -5.37. The number of primary amides is 1. The van der Waals surface area contributed by atoms with Crippen molar-refractivity contribution in [3.05, 3.63) is 30.1 Å². The molecule has 0 atom stereocenters. The van der Waals surface area contributed by atoms with Crippen LogP contribution in [0.2, 0.25) is 0 Å². The van der Waals surface area contributed by atoms with Crippen LogP contribution in [-0.4, -0.2) is 10.9 Å². The molecule has 0 unspecified atom stereocenters. The summed E-state index contributed by atoms with van der Waals surface area (Å²) in [6, 6.07) is 3.88. The third-order valence-corrected chi connectivity index (χ3v) is 1.30. The Morgan fingerprint density at radius 1 is 1.50 bits per heavy atom. The highest BCUT2D eigenvalue weighted by Gasteiger charge is 2.40. The number of hydrogen-bond acceptors (Lipinski definition) is 2. The summed E-state index contributed by atoms with van der Waals surface area (Å²) in [5.41, 5.74) is 3.85. The van der Waals surface area contributed by atoms with Gasteiger partial charge < -0.3 is 5.73 Å². The Hall–Kier alpha value is -1.52. The van der Waals surface area contributed by atoms with Crippen LogP contribution < -0.4 is 5.73 Å². The number of rotatable bonds is 2. The third kappa shape index (κ3) is 1.39. The molecule has 2 N–H and O–H groups in total. The number of nitrogens with two attached hydrogens (primary N) is 1. The van der Waals surface area contributed by atoms with Gasteiger partial charge in [-0.05, 0) is 12.1 Å². The average molecular weight is 172 g/mol. The molecule has 1 aromatic rings. The molecular formula is C7H6F2N2O. The second-order valence-corrected chi connectivity index (χ2v) is 2.15. The second-order valence-electron chi connectivity index (χ2n) is 2.15. The van der Waals surface area contributed by atoms with E-state index in [4.69, 9.17) is 0 Å². The highest BCUT2D eigenvalue weighted by Crippen LogP contribution is 2.24. The van der Waals surface area contributed by atoms with Crippen molar-refractivity contribution in [3.63, 3.8) is 0 Å². The smallest absolute Gasteiger partial charge is 0.364 e.